The monoisotopic (exact) mass is 709 g/mol. The van der Waals surface area contributed by atoms with Gasteiger partial charge >= 0.3 is 5.97 Å². The van der Waals surface area contributed by atoms with E-state index >= 15 is 0 Å². The third-order valence-electron chi connectivity index (χ3n) is 10.7. The van der Waals surface area contributed by atoms with Crippen LogP contribution in [0.2, 0.25) is 0 Å². The minimum Gasteiger partial charge on any atom is -0.457 e. The molecule has 0 aromatic carbocycles. The highest BCUT2D eigenvalue weighted by Gasteiger charge is 2.13. The highest BCUT2D eigenvalue weighted by molar-refractivity contribution is 5.69. The predicted molar refractivity (Wildman–Crippen MR) is 219 cm³/mol. The van der Waals surface area contributed by atoms with Crippen LogP contribution in [-0.2, 0) is 14.3 Å². The van der Waals surface area contributed by atoms with Crippen LogP contribution >= 0.6 is 0 Å². The number of aliphatic hydroxyl groups is 1. The molecule has 0 saturated heterocycles. The Labute approximate surface area is 314 Å². The Morgan fingerprint density at radius 3 is 0.940 bits per heavy atom. The van der Waals surface area contributed by atoms with Crippen LogP contribution in [0.15, 0.2) is 0 Å². The summed E-state index contributed by atoms with van der Waals surface area (Å²) in [4.78, 5) is 12.2. The fraction of sp³-hybridized carbons (Fsp3) is 0.978. The van der Waals surface area contributed by atoms with Crippen molar-refractivity contribution in [2.45, 2.75) is 270 Å². The molecule has 0 heterocycles. The molecule has 1 unspecified atom stereocenters. The minimum absolute atomic E-state index is 0.163. The summed E-state index contributed by atoms with van der Waals surface area (Å²) in [5.74, 6) is -0.194. The van der Waals surface area contributed by atoms with Crippen molar-refractivity contribution in [3.05, 3.63) is 0 Å². The van der Waals surface area contributed by atoms with Gasteiger partial charge in [0.15, 0.2) is 0 Å². The van der Waals surface area contributed by atoms with Gasteiger partial charge in [-0.25, -0.2) is 0 Å². The van der Waals surface area contributed by atoms with E-state index < -0.39 is 6.10 Å². The quantitative estimate of drug-likeness (QED) is 0.0506. The summed E-state index contributed by atoms with van der Waals surface area (Å²) >= 11 is 0. The van der Waals surface area contributed by atoms with Gasteiger partial charge in [0.2, 0.25) is 0 Å². The Bertz CT molecular complexity index is 623. The second-order valence-corrected chi connectivity index (χ2v) is 15.8. The standard InChI is InChI=1S/C46H92O4/c1-3-5-7-9-11-13-15-17-18-19-20-21-22-23-24-25-26-27-28-29-30-32-34-36-38-40-42-49-44-45(43-47)50-46(48)41-39-37-35-33-31-16-14-12-10-8-6-4-2/h45,47H,3-44H2,1-2H3. The van der Waals surface area contributed by atoms with Gasteiger partial charge in [-0.15, -0.1) is 0 Å². The van der Waals surface area contributed by atoms with Gasteiger partial charge in [0, 0.05) is 13.0 Å². The summed E-state index contributed by atoms with van der Waals surface area (Å²) in [6.07, 6.45) is 51.9. The van der Waals surface area contributed by atoms with E-state index in [1.54, 1.807) is 0 Å². The van der Waals surface area contributed by atoms with Gasteiger partial charge in [-0.2, -0.15) is 0 Å². The molecule has 50 heavy (non-hydrogen) atoms. The number of hydrogen-bond acceptors (Lipinski definition) is 4. The lowest BCUT2D eigenvalue weighted by Gasteiger charge is -2.16. The first kappa shape index (κ1) is 49.4. The van der Waals surface area contributed by atoms with Crippen molar-refractivity contribution in [2.75, 3.05) is 19.8 Å². The van der Waals surface area contributed by atoms with Crippen molar-refractivity contribution in [3.63, 3.8) is 0 Å². The summed E-state index contributed by atoms with van der Waals surface area (Å²) in [5, 5.41) is 9.59. The van der Waals surface area contributed by atoms with Gasteiger partial charge in [-0.3, -0.25) is 4.79 Å². The number of unbranched alkanes of at least 4 members (excludes halogenated alkanes) is 36. The SMILES string of the molecule is CCCCCCCCCCCCCCCCCCCCCCCCCCCCOCC(CO)OC(=O)CCCCCCCCCCCCCC. The molecule has 0 fully saturated rings. The van der Waals surface area contributed by atoms with Crippen LogP contribution in [0.3, 0.4) is 0 Å². The van der Waals surface area contributed by atoms with E-state index in [4.69, 9.17) is 9.47 Å². The number of hydrogen-bond donors (Lipinski definition) is 1. The third-order valence-corrected chi connectivity index (χ3v) is 10.7. The molecule has 300 valence electrons. The average Bonchev–Trinajstić information content (AvgIpc) is 3.12. The van der Waals surface area contributed by atoms with E-state index in [1.165, 1.54) is 225 Å². The van der Waals surface area contributed by atoms with E-state index in [0.717, 1.165) is 19.3 Å². The smallest absolute Gasteiger partial charge is 0.306 e. The fourth-order valence-corrected chi connectivity index (χ4v) is 7.21. The molecule has 0 bridgehead atoms. The van der Waals surface area contributed by atoms with Crippen LogP contribution in [0.4, 0.5) is 0 Å². The highest BCUT2D eigenvalue weighted by atomic mass is 16.6. The van der Waals surface area contributed by atoms with E-state index in [9.17, 15) is 9.90 Å². The average molecular weight is 709 g/mol. The summed E-state index contributed by atoms with van der Waals surface area (Å²) < 4.78 is 11.2. The van der Waals surface area contributed by atoms with Crippen LogP contribution in [0.1, 0.15) is 264 Å². The van der Waals surface area contributed by atoms with Crippen LogP contribution in [-0.4, -0.2) is 37.0 Å². The second-order valence-electron chi connectivity index (χ2n) is 15.8. The molecule has 1 N–H and O–H groups in total. The zero-order valence-electron chi connectivity index (χ0n) is 34.4. The maximum absolute atomic E-state index is 12.2. The zero-order chi connectivity index (χ0) is 36.3. The first-order valence-electron chi connectivity index (χ1n) is 23.1. The Hall–Kier alpha value is -0.610. The topological polar surface area (TPSA) is 55.8 Å². The van der Waals surface area contributed by atoms with Gasteiger partial charge in [0.1, 0.15) is 6.10 Å². The maximum Gasteiger partial charge on any atom is 0.306 e. The molecule has 0 rings (SSSR count). The third kappa shape index (κ3) is 41.8. The molecule has 4 heteroatoms. The maximum atomic E-state index is 12.2. The van der Waals surface area contributed by atoms with Crippen LogP contribution in [0.5, 0.6) is 0 Å². The first-order chi connectivity index (χ1) is 24.7. The predicted octanol–water partition coefficient (Wildman–Crippen LogP) is 15.2. The lowest BCUT2D eigenvalue weighted by atomic mass is 10.0. The molecular weight excluding hydrogens is 617 g/mol. The first-order valence-corrected chi connectivity index (χ1v) is 23.1. The Morgan fingerprint density at radius 1 is 0.400 bits per heavy atom. The molecule has 4 nitrogen and oxygen atoms in total. The van der Waals surface area contributed by atoms with Crippen LogP contribution in [0, 0.1) is 0 Å². The van der Waals surface area contributed by atoms with Gasteiger partial charge in [0.25, 0.3) is 0 Å². The van der Waals surface area contributed by atoms with Crippen LogP contribution < -0.4 is 0 Å². The Morgan fingerprint density at radius 2 is 0.660 bits per heavy atom. The Balaban J connectivity index is 3.29. The molecule has 0 aromatic heterocycles. The van der Waals surface area contributed by atoms with Gasteiger partial charge in [0.05, 0.1) is 13.2 Å². The number of ether oxygens (including phenoxy) is 2. The molecule has 1 atom stereocenters. The highest BCUT2D eigenvalue weighted by Crippen LogP contribution is 2.17. The van der Waals surface area contributed by atoms with Gasteiger partial charge < -0.3 is 14.6 Å². The lowest BCUT2D eigenvalue weighted by molar-refractivity contribution is -0.154. The zero-order valence-corrected chi connectivity index (χ0v) is 34.4. The molecule has 0 radical (unpaired) electrons. The number of rotatable bonds is 44. The number of esters is 1. The number of carbonyl (C=O) groups is 1. The summed E-state index contributed by atoms with van der Waals surface area (Å²) in [6, 6.07) is 0. The van der Waals surface area contributed by atoms with Crippen molar-refractivity contribution in [1.82, 2.24) is 0 Å². The lowest BCUT2D eigenvalue weighted by Crippen LogP contribution is -2.27. The van der Waals surface area contributed by atoms with Crippen molar-refractivity contribution >= 4 is 5.97 Å². The molecule has 0 saturated carbocycles. The summed E-state index contributed by atoms with van der Waals surface area (Å²) in [7, 11) is 0. The van der Waals surface area contributed by atoms with Gasteiger partial charge in [-0.1, -0.05) is 245 Å². The van der Waals surface area contributed by atoms with Crippen molar-refractivity contribution in [1.29, 1.82) is 0 Å². The van der Waals surface area contributed by atoms with Gasteiger partial charge in [-0.05, 0) is 12.8 Å². The fourth-order valence-electron chi connectivity index (χ4n) is 7.21. The molecule has 0 spiro atoms. The van der Waals surface area contributed by atoms with E-state index in [2.05, 4.69) is 13.8 Å². The molecular formula is C46H92O4. The largest absolute Gasteiger partial charge is 0.457 e. The summed E-state index contributed by atoms with van der Waals surface area (Å²) in [5.41, 5.74) is 0. The van der Waals surface area contributed by atoms with Crippen molar-refractivity contribution in [3.8, 4) is 0 Å². The van der Waals surface area contributed by atoms with Crippen LogP contribution in [0.25, 0.3) is 0 Å². The number of aliphatic hydroxyl groups excluding tert-OH is 1. The molecule has 0 aliphatic rings. The summed E-state index contributed by atoms with van der Waals surface area (Å²) in [6.45, 7) is 5.40. The molecule has 0 amide bonds. The van der Waals surface area contributed by atoms with E-state index in [0.29, 0.717) is 19.6 Å². The molecule has 0 aliphatic carbocycles. The molecule has 0 aliphatic heterocycles. The molecule has 0 aromatic rings. The second kappa shape index (κ2) is 44.6. The van der Waals surface area contributed by atoms with E-state index in [1.807, 2.05) is 0 Å². The normalized spacial score (nSPS) is 12.1. The van der Waals surface area contributed by atoms with Crippen molar-refractivity contribution in [2.24, 2.45) is 0 Å². The van der Waals surface area contributed by atoms with Crippen molar-refractivity contribution < 1.29 is 19.4 Å². The minimum atomic E-state index is -0.524. The number of carbonyl (C=O) groups excluding carboxylic acids is 1. The Kier molecular flexibility index (Phi) is 44.0. The van der Waals surface area contributed by atoms with E-state index in [-0.39, 0.29) is 12.6 Å².